The molecule has 1 atom stereocenters. The summed E-state index contributed by atoms with van der Waals surface area (Å²) in [6.07, 6.45) is 3.06. The summed E-state index contributed by atoms with van der Waals surface area (Å²) in [4.78, 5) is 32.1. The van der Waals surface area contributed by atoms with Crippen molar-refractivity contribution in [2.75, 3.05) is 7.11 Å². The summed E-state index contributed by atoms with van der Waals surface area (Å²) in [5.41, 5.74) is 1.16. The molecule has 7 heteroatoms. The van der Waals surface area contributed by atoms with E-state index in [1.54, 1.807) is 28.0 Å². The van der Waals surface area contributed by atoms with Crippen molar-refractivity contribution in [2.45, 2.75) is 52.5 Å². The molecule has 4 rings (SSSR count). The largest absolute Gasteiger partial charge is 0.463 e. The number of aromatic nitrogens is 2. The fraction of sp³-hybridized carbons (Fsp3) is 0.476. The molecule has 3 aromatic heterocycles. The number of aryl methyl sites for hydroxylation is 1. The van der Waals surface area contributed by atoms with Gasteiger partial charge in [0.2, 0.25) is 5.76 Å². The second-order valence-electron chi connectivity index (χ2n) is 7.81. The van der Waals surface area contributed by atoms with Crippen LogP contribution in [0, 0.1) is 5.92 Å². The number of hydrogen-bond donors (Lipinski definition) is 0. The molecule has 6 nitrogen and oxygen atoms in total. The van der Waals surface area contributed by atoms with Gasteiger partial charge in [0.1, 0.15) is 16.4 Å². The van der Waals surface area contributed by atoms with E-state index in [4.69, 9.17) is 14.1 Å². The van der Waals surface area contributed by atoms with Gasteiger partial charge in [0, 0.05) is 10.8 Å². The van der Waals surface area contributed by atoms with E-state index in [1.165, 1.54) is 17.6 Å². The van der Waals surface area contributed by atoms with Crippen LogP contribution in [0.15, 0.2) is 21.3 Å². The Hall–Kier alpha value is -2.41. The third kappa shape index (κ3) is 3.17. The van der Waals surface area contributed by atoms with Gasteiger partial charge in [0.15, 0.2) is 0 Å². The van der Waals surface area contributed by atoms with Crippen LogP contribution in [0.5, 0.6) is 0 Å². The Bertz CT molecular complexity index is 1110. The number of nitrogens with zero attached hydrogens (tertiary/aromatic N) is 2. The van der Waals surface area contributed by atoms with E-state index in [9.17, 15) is 9.59 Å². The molecule has 3 heterocycles. The summed E-state index contributed by atoms with van der Waals surface area (Å²) >= 11 is 1.67. The molecule has 0 spiro atoms. The number of esters is 1. The fourth-order valence-corrected chi connectivity index (χ4v) is 5.24. The van der Waals surface area contributed by atoms with Crippen molar-refractivity contribution < 1.29 is 13.9 Å². The average molecular weight is 401 g/mol. The number of thiophene rings is 1. The molecule has 1 unspecified atom stereocenters. The molecule has 0 amide bonds. The molecule has 3 aromatic rings. The van der Waals surface area contributed by atoms with E-state index >= 15 is 0 Å². The number of furan rings is 1. The van der Waals surface area contributed by atoms with Crippen LogP contribution >= 0.6 is 11.3 Å². The van der Waals surface area contributed by atoms with Crippen molar-refractivity contribution in [3.05, 3.63) is 50.3 Å². The molecule has 0 aliphatic heterocycles. The van der Waals surface area contributed by atoms with Gasteiger partial charge >= 0.3 is 5.97 Å². The Morgan fingerprint density at radius 2 is 2.21 bits per heavy atom. The Morgan fingerprint density at radius 3 is 2.93 bits per heavy atom. The van der Waals surface area contributed by atoms with Crippen molar-refractivity contribution in [3.8, 4) is 0 Å². The van der Waals surface area contributed by atoms with E-state index in [0.717, 1.165) is 35.3 Å². The van der Waals surface area contributed by atoms with Crippen LogP contribution in [0.2, 0.25) is 0 Å². The van der Waals surface area contributed by atoms with Gasteiger partial charge in [-0.2, -0.15) is 0 Å². The summed E-state index contributed by atoms with van der Waals surface area (Å²) < 4.78 is 12.0. The van der Waals surface area contributed by atoms with Crippen LogP contribution in [0.25, 0.3) is 10.2 Å². The summed E-state index contributed by atoms with van der Waals surface area (Å²) in [5, 5.41) is 0.760. The normalized spacial score (nSPS) is 16.5. The van der Waals surface area contributed by atoms with Crippen LogP contribution < -0.4 is 5.56 Å². The second kappa shape index (κ2) is 7.20. The predicted molar refractivity (Wildman–Crippen MR) is 108 cm³/mol. The van der Waals surface area contributed by atoms with Crippen LogP contribution in [-0.2, 0) is 24.1 Å². The zero-order chi connectivity index (χ0) is 20.0. The van der Waals surface area contributed by atoms with Gasteiger partial charge in [-0.15, -0.1) is 11.3 Å². The van der Waals surface area contributed by atoms with E-state index in [1.807, 2.05) is 13.8 Å². The van der Waals surface area contributed by atoms with Crippen molar-refractivity contribution in [2.24, 2.45) is 5.92 Å². The number of rotatable bonds is 4. The highest BCUT2D eigenvalue weighted by Gasteiger charge is 2.25. The lowest BCUT2D eigenvalue weighted by molar-refractivity contribution is 0.0563. The lowest BCUT2D eigenvalue weighted by atomic mass is 9.89. The van der Waals surface area contributed by atoms with Crippen LogP contribution in [0.4, 0.5) is 0 Å². The van der Waals surface area contributed by atoms with Crippen LogP contribution in [-0.4, -0.2) is 22.6 Å². The quantitative estimate of drug-likeness (QED) is 0.616. The van der Waals surface area contributed by atoms with Gasteiger partial charge in [0.05, 0.1) is 19.0 Å². The lowest BCUT2D eigenvalue weighted by Gasteiger charge is -2.18. The first-order valence-corrected chi connectivity index (χ1v) is 10.4. The van der Waals surface area contributed by atoms with E-state index in [-0.39, 0.29) is 23.8 Å². The highest BCUT2D eigenvalue weighted by atomic mass is 32.1. The monoisotopic (exact) mass is 400 g/mol. The van der Waals surface area contributed by atoms with Crippen molar-refractivity contribution in [1.29, 1.82) is 0 Å². The lowest BCUT2D eigenvalue weighted by Crippen LogP contribution is -2.27. The SMILES string of the molecule is COC(=O)c1ccc(Cn2c(C(C)C)nc3sc4c(c3c2=O)CCC(C)C4)o1. The number of fused-ring (bicyclic) bond motifs is 3. The van der Waals surface area contributed by atoms with Crippen LogP contribution in [0.1, 0.15) is 65.7 Å². The first-order chi connectivity index (χ1) is 13.4. The van der Waals surface area contributed by atoms with Gasteiger partial charge in [0.25, 0.3) is 5.56 Å². The van der Waals surface area contributed by atoms with E-state index < -0.39 is 5.97 Å². The maximum atomic E-state index is 13.5. The third-order valence-electron chi connectivity index (χ3n) is 5.32. The minimum absolute atomic E-state index is 0.0169. The summed E-state index contributed by atoms with van der Waals surface area (Å²) in [5.74, 6) is 1.60. The van der Waals surface area contributed by atoms with Crippen LogP contribution in [0.3, 0.4) is 0 Å². The fourth-order valence-electron chi connectivity index (χ4n) is 3.86. The third-order valence-corrected chi connectivity index (χ3v) is 6.47. The zero-order valence-electron chi connectivity index (χ0n) is 16.6. The molecule has 0 saturated carbocycles. The van der Waals surface area contributed by atoms with Gasteiger partial charge in [-0.05, 0) is 42.9 Å². The molecule has 148 valence electrons. The van der Waals surface area contributed by atoms with E-state index in [0.29, 0.717) is 11.7 Å². The molecule has 0 aromatic carbocycles. The minimum atomic E-state index is -0.530. The maximum Gasteiger partial charge on any atom is 0.373 e. The molecule has 0 radical (unpaired) electrons. The topological polar surface area (TPSA) is 74.3 Å². The Labute approximate surface area is 167 Å². The van der Waals surface area contributed by atoms with Gasteiger partial charge < -0.3 is 9.15 Å². The highest BCUT2D eigenvalue weighted by Crippen LogP contribution is 2.36. The average Bonchev–Trinajstić information content (AvgIpc) is 3.26. The predicted octanol–water partition coefficient (Wildman–Crippen LogP) is 4.13. The van der Waals surface area contributed by atoms with Crippen molar-refractivity contribution in [1.82, 2.24) is 9.55 Å². The Kier molecular flexibility index (Phi) is 4.87. The maximum absolute atomic E-state index is 13.5. The molecule has 0 fully saturated rings. The highest BCUT2D eigenvalue weighted by molar-refractivity contribution is 7.18. The molecule has 28 heavy (non-hydrogen) atoms. The second-order valence-corrected chi connectivity index (χ2v) is 8.89. The molecular weight excluding hydrogens is 376 g/mol. The molecule has 1 aliphatic carbocycles. The summed E-state index contributed by atoms with van der Waals surface area (Å²) in [7, 11) is 1.31. The number of ether oxygens (including phenoxy) is 1. The van der Waals surface area contributed by atoms with Crippen molar-refractivity contribution in [3.63, 3.8) is 0 Å². The van der Waals surface area contributed by atoms with Gasteiger partial charge in [-0.25, -0.2) is 9.78 Å². The van der Waals surface area contributed by atoms with Gasteiger partial charge in [-0.1, -0.05) is 20.8 Å². The standard InChI is InChI=1S/C21H24N2O4S/c1-11(2)18-22-19-17(14-7-5-12(3)9-16(14)28-19)20(24)23(18)10-13-6-8-15(27-13)21(25)26-4/h6,8,11-12H,5,7,9-10H2,1-4H3. The number of hydrogen-bond acceptors (Lipinski definition) is 6. The molecule has 0 N–H and O–H groups in total. The molecule has 0 bridgehead atoms. The zero-order valence-corrected chi connectivity index (χ0v) is 17.4. The summed E-state index contributed by atoms with van der Waals surface area (Å²) in [6.45, 7) is 6.56. The minimum Gasteiger partial charge on any atom is -0.463 e. The number of carbonyl (C=O) groups excluding carboxylic acids is 1. The molecule has 0 saturated heterocycles. The first kappa shape index (κ1) is 18.9. The van der Waals surface area contributed by atoms with Gasteiger partial charge in [-0.3, -0.25) is 9.36 Å². The van der Waals surface area contributed by atoms with E-state index in [2.05, 4.69) is 6.92 Å². The smallest absolute Gasteiger partial charge is 0.373 e. The summed E-state index contributed by atoms with van der Waals surface area (Å²) in [6, 6.07) is 3.28. The number of carbonyl (C=O) groups is 1. The molecule has 1 aliphatic rings. The Balaban J connectivity index is 1.83. The Morgan fingerprint density at radius 1 is 1.43 bits per heavy atom. The first-order valence-electron chi connectivity index (χ1n) is 9.61. The molecular formula is C21H24N2O4S. The number of methoxy groups -OCH3 is 1. The van der Waals surface area contributed by atoms with Crippen molar-refractivity contribution >= 4 is 27.5 Å².